The van der Waals surface area contributed by atoms with Crippen molar-refractivity contribution in [1.29, 1.82) is 0 Å². The second-order valence-electron chi connectivity index (χ2n) is 7.61. The Morgan fingerprint density at radius 3 is 2.68 bits per heavy atom. The van der Waals surface area contributed by atoms with Crippen LogP contribution in [0.15, 0.2) is 65.7 Å². The monoisotopic (exact) mass is 431 g/mol. The minimum absolute atomic E-state index is 0.0895. The van der Waals surface area contributed by atoms with Crippen molar-refractivity contribution in [2.45, 2.75) is 26.4 Å². The predicted octanol–water partition coefficient (Wildman–Crippen LogP) is 4.24. The molecule has 1 atom stereocenters. The standard InChI is InChI=1S/C24H21N3O3S/c1-15-16(2)31-23-22(15)24(29)26(14-25-23)12-21(28)27-18-10-6-7-11-20(18)30-13-19(27)17-8-4-3-5-9-17/h3-11,14,19H,12-13H2,1-2H3/t19-/m1/s1. The predicted molar refractivity (Wildman–Crippen MR) is 122 cm³/mol. The van der Waals surface area contributed by atoms with Crippen LogP contribution in [-0.4, -0.2) is 22.1 Å². The number of thiophene rings is 1. The molecular weight excluding hydrogens is 410 g/mol. The number of aryl methyl sites for hydroxylation is 2. The summed E-state index contributed by atoms with van der Waals surface area (Å²) in [5.74, 6) is 0.478. The molecule has 1 aliphatic rings. The van der Waals surface area contributed by atoms with Gasteiger partial charge in [-0.2, -0.15) is 0 Å². The second-order valence-corrected chi connectivity index (χ2v) is 8.81. The SMILES string of the molecule is Cc1sc2ncn(CC(=O)N3c4ccccc4OC[C@@H]3c3ccccc3)c(=O)c2c1C. The summed E-state index contributed by atoms with van der Waals surface area (Å²) >= 11 is 1.50. The van der Waals surface area contributed by atoms with Crippen LogP contribution in [0, 0.1) is 13.8 Å². The Balaban J connectivity index is 1.56. The van der Waals surface area contributed by atoms with Crippen molar-refractivity contribution in [2.75, 3.05) is 11.5 Å². The number of amides is 1. The van der Waals surface area contributed by atoms with E-state index in [0.29, 0.717) is 28.3 Å². The largest absolute Gasteiger partial charge is 0.489 e. The van der Waals surface area contributed by atoms with Crippen molar-refractivity contribution in [3.63, 3.8) is 0 Å². The second kappa shape index (κ2) is 7.67. The van der Waals surface area contributed by atoms with Crippen molar-refractivity contribution < 1.29 is 9.53 Å². The highest BCUT2D eigenvalue weighted by Crippen LogP contribution is 2.39. The molecule has 0 radical (unpaired) electrons. The first-order chi connectivity index (χ1) is 15.0. The number of benzene rings is 2. The number of hydrogen-bond donors (Lipinski definition) is 0. The molecule has 1 amide bonds. The number of carbonyl (C=O) groups is 1. The average Bonchev–Trinajstić information content (AvgIpc) is 3.09. The van der Waals surface area contributed by atoms with Crippen molar-refractivity contribution in [1.82, 2.24) is 9.55 Å². The van der Waals surface area contributed by atoms with E-state index < -0.39 is 0 Å². The number of aromatic nitrogens is 2. The van der Waals surface area contributed by atoms with E-state index >= 15 is 0 Å². The van der Waals surface area contributed by atoms with E-state index in [1.165, 1.54) is 22.2 Å². The Labute approximate surface area is 183 Å². The zero-order chi connectivity index (χ0) is 21.5. The first-order valence-electron chi connectivity index (χ1n) is 10.1. The molecule has 4 aromatic rings. The first-order valence-corrected chi connectivity index (χ1v) is 10.9. The van der Waals surface area contributed by atoms with Gasteiger partial charge in [0.05, 0.1) is 23.4 Å². The molecule has 0 saturated heterocycles. The van der Waals surface area contributed by atoms with E-state index in [0.717, 1.165) is 16.0 Å². The zero-order valence-electron chi connectivity index (χ0n) is 17.2. The van der Waals surface area contributed by atoms with Gasteiger partial charge in [0.15, 0.2) is 0 Å². The molecule has 2 aromatic carbocycles. The van der Waals surface area contributed by atoms with E-state index in [4.69, 9.17) is 4.74 Å². The molecule has 0 aliphatic carbocycles. The lowest BCUT2D eigenvalue weighted by molar-refractivity contribution is -0.120. The van der Waals surface area contributed by atoms with Crippen LogP contribution < -0.4 is 15.2 Å². The van der Waals surface area contributed by atoms with Crippen LogP contribution in [0.2, 0.25) is 0 Å². The number of anilines is 1. The van der Waals surface area contributed by atoms with Gasteiger partial charge in [-0.25, -0.2) is 4.98 Å². The highest BCUT2D eigenvalue weighted by Gasteiger charge is 2.33. The van der Waals surface area contributed by atoms with Gasteiger partial charge in [-0.15, -0.1) is 11.3 Å². The molecule has 31 heavy (non-hydrogen) atoms. The summed E-state index contributed by atoms with van der Waals surface area (Å²) in [4.78, 5) is 34.6. The van der Waals surface area contributed by atoms with Crippen LogP contribution in [-0.2, 0) is 11.3 Å². The van der Waals surface area contributed by atoms with Gasteiger partial charge in [0.2, 0.25) is 5.91 Å². The molecule has 2 aromatic heterocycles. The molecule has 0 saturated carbocycles. The van der Waals surface area contributed by atoms with E-state index in [9.17, 15) is 9.59 Å². The molecule has 5 rings (SSSR count). The lowest BCUT2D eigenvalue weighted by Gasteiger charge is -2.37. The normalized spacial score (nSPS) is 15.5. The molecule has 1 aliphatic heterocycles. The molecule has 0 N–H and O–H groups in total. The number of rotatable bonds is 3. The molecule has 3 heterocycles. The quantitative estimate of drug-likeness (QED) is 0.487. The Morgan fingerprint density at radius 1 is 1.13 bits per heavy atom. The number of para-hydroxylation sites is 2. The van der Waals surface area contributed by atoms with Gasteiger partial charge < -0.3 is 4.74 Å². The first kappa shape index (κ1) is 19.5. The van der Waals surface area contributed by atoms with Crippen LogP contribution >= 0.6 is 11.3 Å². The van der Waals surface area contributed by atoms with E-state index in [1.807, 2.05) is 68.4 Å². The van der Waals surface area contributed by atoms with Crippen molar-refractivity contribution >= 4 is 33.1 Å². The van der Waals surface area contributed by atoms with Gasteiger partial charge in [0.1, 0.15) is 23.7 Å². The maximum absolute atomic E-state index is 13.6. The molecule has 0 fully saturated rings. The van der Waals surface area contributed by atoms with Gasteiger partial charge in [0.25, 0.3) is 5.56 Å². The smallest absolute Gasteiger partial charge is 0.262 e. The van der Waals surface area contributed by atoms with Gasteiger partial charge in [-0.3, -0.25) is 19.1 Å². The summed E-state index contributed by atoms with van der Waals surface area (Å²) in [7, 11) is 0. The van der Waals surface area contributed by atoms with Crippen LogP contribution in [0.4, 0.5) is 5.69 Å². The molecule has 156 valence electrons. The molecule has 0 bridgehead atoms. The Kier molecular flexibility index (Phi) is 4.82. The van der Waals surface area contributed by atoms with E-state index in [2.05, 4.69) is 4.98 Å². The maximum Gasteiger partial charge on any atom is 0.262 e. The van der Waals surface area contributed by atoms with Crippen molar-refractivity contribution in [3.05, 3.63) is 87.3 Å². The number of fused-ring (bicyclic) bond motifs is 2. The third kappa shape index (κ3) is 3.31. The van der Waals surface area contributed by atoms with Gasteiger partial charge in [-0.05, 0) is 37.1 Å². The van der Waals surface area contributed by atoms with Crippen LogP contribution in [0.25, 0.3) is 10.2 Å². The van der Waals surface area contributed by atoms with E-state index in [1.54, 1.807) is 4.90 Å². The third-order valence-electron chi connectivity index (χ3n) is 5.75. The fourth-order valence-corrected chi connectivity index (χ4v) is 5.01. The Hall–Kier alpha value is -3.45. The van der Waals surface area contributed by atoms with Crippen LogP contribution in [0.3, 0.4) is 0 Å². The molecular formula is C24H21N3O3S. The molecule has 0 spiro atoms. The van der Waals surface area contributed by atoms with Gasteiger partial charge >= 0.3 is 0 Å². The number of hydrogen-bond acceptors (Lipinski definition) is 5. The Morgan fingerprint density at radius 2 is 1.87 bits per heavy atom. The maximum atomic E-state index is 13.6. The minimum Gasteiger partial charge on any atom is -0.489 e. The molecule has 7 heteroatoms. The van der Waals surface area contributed by atoms with Gasteiger partial charge in [-0.1, -0.05) is 42.5 Å². The fourth-order valence-electron chi connectivity index (χ4n) is 4.02. The van der Waals surface area contributed by atoms with Crippen LogP contribution in [0.1, 0.15) is 22.0 Å². The lowest BCUT2D eigenvalue weighted by Crippen LogP contribution is -2.43. The summed E-state index contributed by atoms with van der Waals surface area (Å²) in [6.07, 6.45) is 1.47. The summed E-state index contributed by atoms with van der Waals surface area (Å²) in [5, 5.41) is 0.597. The summed E-state index contributed by atoms with van der Waals surface area (Å²) < 4.78 is 7.35. The number of carbonyl (C=O) groups excluding carboxylic acids is 1. The van der Waals surface area contributed by atoms with E-state index in [-0.39, 0.29) is 24.1 Å². The van der Waals surface area contributed by atoms with Crippen molar-refractivity contribution in [2.24, 2.45) is 0 Å². The van der Waals surface area contributed by atoms with Gasteiger partial charge in [0, 0.05) is 4.88 Å². The Bertz CT molecular complexity index is 1340. The van der Waals surface area contributed by atoms with Crippen LogP contribution in [0.5, 0.6) is 5.75 Å². The summed E-state index contributed by atoms with van der Waals surface area (Å²) in [6, 6.07) is 17.0. The highest BCUT2D eigenvalue weighted by atomic mass is 32.1. The topological polar surface area (TPSA) is 64.4 Å². The lowest BCUT2D eigenvalue weighted by atomic mass is 10.0. The zero-order valence-corrected chi connectivity index (χ0v) is 18.1. The average molecular weight is 432 g/mol. The molecule has 6 nitrogen and oxygen atoms in total. The minimum atomic E-state index is -0.277. The number of nitrogens with zero attached hydrogens (tertiary/aromatic N) is 3. The molecule has 0 unspecified atom stereocenters. The third-order valence-corrected chi connectivity index (χ3v) is 6.86. The number of ether oxygens (including phenoxy) is 1. The fraction of sp³-hybridized carbons (Fsp3) is 0.208. The van der Waals surface area contributed by atoms with Crippen molar-refractivity contribution in [3.8, 4) is 5.75 Å². The summed E-state index contributed by atoms with van der Waals surface area (Å²) in [5.41, 5.74) is 2.43. The highest BCUT2D eigenvalue weighted by molar-refractivity contribution is 7.18. The summed E-state index contributed by atoms with van der Waals surface area (Å²) in [6.45, 7) is 4.16.